The molecule has 0 saturated carbocycles. The first-order valence-corrected chi connectivity index (χ1v) is 3.90. The molecule has 1 aliphatic rings. The van der Waals surface area contributed by atoms with Crippen molar-refractivity contribution in [3.05, 3.63) is 34.6 Å². The first-order valence-electron chi connectivity index (χ1n) is 3.52. The molecule has 0 amide bonds. The van der Waals surface area contributed by atoms with Gasteiger partial charge in [0.2, 0.25) is 6.17 Å². The molecule has 6 heteroatoms. The summed E-state index contributed by atoms with van der Waals surface area (Å²) >= 11 is 5.68. The predicted molar refractivity (Wildman–Crippen MR) is 43.9 cm³/mol. The van der Waals surface area contributed by atoms with E-state index in [4.69, 9.17) is 11.6 Å². The first-order chi connectivity index (χ1) is 6.27. The highest BCUT2D eigenvalue weighted by Gasteiger charge is 2.17. The number of benzene rings is 1. The molecule has 4 nitrogen and oxygen atoms in total. The van der Waals surface area contributed by atoms with Crippen molar-refractivity contribution >= 4 is 11.6 Å². The van der Waals surface area contributed by atoms with Gasteiger partial charge >= 0.3 is 0 Å². The molecule has 0 atom stereocenters. The van der Waals surface area contributed by atoms with Gasteiger partial charge < -0.3 is 0 Å². The monoisotopic (exact) mass is 198 g/mol. The zero-order chi connectivity index (χ0) is 9.26. The normalized spacial score (nSPS) is 15.5. The van der Waals surface area contributed by atoms with Crippen LogP contribution in [0.1, 0.15) is 11.7 Å². The van der Waals surface area contributed by atoms with E-state index in [0.717, 1.165) is 0 Å². The molecule has 0 N–H and O–H groups in total. The zero-order valence-electron chi connectivity index (χ0n) is 6.35. The summed E-state index contributed by atoms with van der Waals surface area (Å²) in [6, 6.07) is 4.19. The lowest BCUT2D eigenvalue weighted by Gasteiger charge is -2.02. The van der Waals surface area contributed by atoms with Crippen molar-refractivity contribution in [2.24, 2.45) is 20.7 Å². The SMILES string of the molecule is Fc1ccc(Cl)cc1C1N=NN=N1. The van der Waals surface area contributed by atoms with Crippen LogP contribution in [0, 0.1) is 5.82 Å². The number of nitrogens with zero attached hydrogens (tertiary/aromatic N) is 4. The van der Waals surface area contributed by atoms with Crippen molar-refractivity contribution in [1.82, 2.24) is 0 Å². The largest absolute Gasteiger partial charge is 0.213 e. The van der Waals surface area contributed by atoms with Gasteiger partial charge in [-0.2, -0.15) is 0 Å². The molecule has 1 aromatic carbocycles. The number of hydrogen-bond acceptors (Lipinski definition) is 4. The van der Waals surface area contributed by atoms with Crippen LogP contribution < -0.4 is 0 Å². The lowest BCUT2D eigenvalue weighted by atomic mass is 10.2. The Hall–Kier alpha value is -1.36. The molecule has 1 aromatic rings. The fourth-order valence-electron chi connectivity index (χ4n) is 1.00. The second-order valence-corrected chi connectivity index (χ2v) is 2.89. The molecule has 1 heterocycles. The summed E-state index contributed by atoms with van der Waals surface area (Å²) in [7, 11) is 0. The van der Waals surface area contributed by atoms with Crippen molar-refractivity contribution in [2.75, 3.05) is 0 Å². The Labute approximate surface area is 78.1 Å². The quantitative estimate of drug-likeness (QED) is 0.665. The molecule has 13 heavy (non-hydrogen) atoms. The average molecular weight is 199 g/mol. The van der Waals surface area contributed by atoms with Crippen LogP contribution in [0.5, 0.6) is 0 Å². The molecule has 0 bridgehead atoms. The fourth-order valence-corrected chi connectivity index (χ4v) is 1.18. The molecule has 0 aromatic heterocycles. The first kappa shape index (κ1) is 8.25. The second kappa shape index (κ2) is 3.18. The number of rotatable bonds is 1. The average Bonchev–Trinajstić information content (AvgIpc) is 2.61. The molecular formula is C7H4ClFN4. The topological polar surface area (TPSA) is 49.4 Å². The van der Waals surface area contributed by atoms with Gasteiger partial charge in [-0.05, 0) is 28.6 Å². The third-order valence-electron chi connectivity index (χ3n) is 1.60. The predicted octanol–water partition coefficient (Wildman–Crippen LogP) is 3.31. The van der Waals surface area contributed by atoms with Crippen LogP contribution in [0.15, 0.2) is 38.9 Å². The Morgan fingerprint density at radius 2 is 1.92 bits per heavy atom. The van der Waals surface area contributed by atoms with E-state index in [9.17, 15) is 4.39 Å². The zero-order valence-corrected chi connectivity index (χ0v) is 7.11. The summed E-state index contributed by atoms with van der Waals surface area (Å²) in [5.41, 5.74) is 0.289. The minimum Gasteiger partial charge on any atom is -0.207 e. The summed E-state index contributed by atoms with van der Waals surface area (Å²) < 4.78 is 13.2. The highest BCUT2D eigenvalue weighted by molar-refractivity contribution is 6.30. The summed E-state index contributed by atoms with van der Waals surface area (Å²) in [5, 5.41) is 14.2. The lowest BCUT2D eigenvalue weighted by Crippen LogP contribution is -1.93. The summed E-state index contributed by atoms with van der Waals surface area (Å²) in [5.74, 6) is -0.408. The van der Waals surface area contributed by atoms with Crippen LogP contribution >= 0.6 is 11.6 Å². The van der Waals surface area contributed by atoms with Crippen LogP contribution in [0.25, 0.3) is 0 Å². The molecular weight excluding hydrogens is 195 g/mol. The molecule has 0 fully saturated rings. The Balaban J connectivity index is 2.44. The molecule has 66 valence electrons. The summed E-state index contributed by atoms with van der Waals surface area (Å²) in [6.45, 7) is 0. The van der Waals surface area contributed by atoms with Crippen molar-refractivity contribution < 1.29 is 4.39 Å². The van der Waals surface area contributed by atoms with E-state index in [1.165, 1.54) is 18.2 Å². The lowest BCUT2D eigenvalue weighted by molar-refractivity contribution is 0.587. The fraction of sp³-hybridized carbons (Fsp3) is 0.143. The van der Waals surface area contributed by atoms with Gasteiger partial charge in [-0.25, -0.2) is 4.39 Å². The van der Waals surface area contributed by atoms with Gasteiger partial charge in [-0.3, -0.25) is 0 Å². The van der Waals surface area contributed by atoms with Gasteiger partial charge in [0.25, 0.3) is 0 Å². The number of hydrogen-bond donors (Lipinski definition) is 0. The Morgan fingerprint density at radius 1 is 1.23 bits per heavy atom. The molecule has 0 saturated heterocycles. The Morgan fingerprint density at radius 3 is 2.62 bits per heavy atom. The van der Waals surface area contributed by atoms with Gasteiger partial charge in [0.1, 0.15) is 5.82 Å². The van der Waals surface area contributed by atoms with Crippen LogP contribution in [0.4, 0.5) is 4.39 Å². The van der Waals surface area contributed by atoms with E-state index in [0.29, 0.717) is 5.02 Å². The van der Waals surface area contributed by atoms with Crippen molar-refractivity contribution in [3.63, 3.8) is 0 Å². The third kappa shape index (κ3) is 1.55. The van der Waals surface area contributed by atoms with Gasteiger partial charge in [-0.15, -0.1) is 10.2 Å². The van der Waals surface area contributed by atoms with E-state index >= 15 is 0 Å². The molecule has 0 unspecified atom stereocenters. The van der Waals surface area contributed by atoms with E-state index < -0.39 is 12.0 Å². The van der Waals surface area contributed by atoms with Crippen molar-refractivity contribution in [3.8, 4) is 0 Å². The van der Waals surface area contributed by atoms with Crippen LogP contribution in [0.2, 0.25) is 5.02 Å². The highest BCUT2D eigenvalue weighted by atomic mass is 35.5. The van der Waals surface area contributed by atoms with E-state index in [1.807, 2.05) is 0 Å². The minimum absolute atomic E-state index is 0.289. The minimum atomic E-state index is -0.682. The standard InChI is InChI=1S/C7H4ClFN4/c8-4-1-2-6(9)5(3-4)7-10-12-13-11-7/h1-3,7H. The smallest absolute Gasteiger partial charge is 0.207 e. The maximum Gasteiger partial charge on any atom is 0.213 e. The number of halogens is 2. The molecule has 2 rings (SSSR count). The maximum absolute atomic E-state index is 13.2. The Bertz CT molecular complexity index is 378. The summed E-state index contributed by atoms with van der Waals surface area (Å²) in [4.78, 5) is 0. The van der Waals surface area contributed by atoms with Gasteiger partial charge in [0, 0.05) is 10.6 Å². The second-order valence-electron chi connectivity index (χ2n) is 2.45. The third-order valence-corrected chi connectivity index (χ3v) is 1.83. The molecule has 1 aliphatic heterocycles. The van der Waals surface area contributed by atoms with Crippen LogP contribution in [-0.4, -0.2) is 0 Å². The molecule has 0 aliphatic carbocycles. The van der Waals surface area contributed by atoms with Gasteiger partial charge in [0.05, 0.1) is 0 Å². The maximum atomic E-state index is 13.2. The van der Waals surface area contributed by atoms with E-state index in [1.54, 1.807) is 0 Å². The molecule has 0 radical (unpaired) electrons. The van der Waals surface area contributed by atoms with Crippen LogP contribution in [-0.2, 0) is 0 Å². The molecule has 0 spiro atoms. The van der Waals surface area contributed by atoms with Gasteiger partial charge in [0.15, 0.2) is 0 Å². The van der Waals surface area contributed by atoms with Crippen molar-refractivity contribution in [2.45, 2.75) is 6.17 Å². The highest BCUT2D eigenvalue weighted by Crippen LogP contribution is 2.28. The summed E-state index contributed by atoms with van der Waals surface area (Å²) in [6.07, 6.45) is -0.682. The van der Waals surface area contributed by atoms with E-state index in [2.05, 4.69) is 20.7 Å². The van der Waals surface area contributed by atoms with Gasteiger partial charge in [-0.1, -0.05) is 11.6 Å². The Kier molecular flexibility index (Phi) is 2.02. The van der Waals surface area contributed by atoms with Crippen LogP contribution in [0.3, 0.4) is 0 Å². The van der Waals surface area contributed by atoms with E-state index in [-0.39, 0.29) is 5.56 Å². The van der Waals surface area contributed by atoms with Crippen molar-refractivity contribution in [1.29, 1.82) is 0 Å².